The second-order valence-corrected chi connectivity index (χ2v) is 3.68. The highest BCUT2D eigenvalue weighted by Gasteiger charge is 2.10. The first-order valence-electron chi connectivity index (χ1n) is 4.31. The molecule has 1 aromatic heterocycles. The highest BCUT2D eigenvalue weighted by Crippen LogP contribution is 2.12. The average Bonchev–Trinajstić information content (AvgIpc) is 2.16. The summed E-state index contributed by atoms with van der Waals surface area (Å²) in [5.74, 6) is -0.175. The van der Waals surface area contributed by atoms with E-state index in [9.17, 15) is 4.79 Å². The molecule has 0 saturated heterocycles. The maximum Gasteiger partial charge on any atom is 0.241 e. The lowest BCUT2D eigenvalue weighted by molar-refractivity contribution is -0.117. The van der Waals surface area contributed by atoms with Crippen LogP contribution < -0.4 is 11.1 Å². The topological polar surface area (TPSA) is 68.0 Å². The number of aromatic nitrogens is 1. The minimum Gasteiger partial charge on any atom is -0.325 e. The molecule has 3 N–H and O–H groups in total. The molecule has 1 rings (SSSR count). The molecule has 5 heteroatoms. The summed E-state index contributed by atoms with van der Waals surface area (Å²) < 4.78 is 0.681. The number of carbonyl (C=O) groups is 1. The van der Waals surface area contributed by atoms with Crippen molar-refractivity contribution in [2.24, 2.45) is 5.73 Å². The lowest BCUT2D eigenvalue weighted by Gasteiger charge is -2.09. The molecule has 0 aliphatic rings. The molecule has 0 radical (unpaired) electrons. The molecule has 0 bridgehead atoms. The van der Waals surface area contributed by atoms with Crippen molar-refractivity contribution < 1.29 is 4.79 Å². The van der Waals surface area contributed by atoms with Crippen LogP contribution in [-0.2, 0) is 4.79 Å². The largest absolute Gasteiger partial charge is 0.325 e. The van der Waals surface area contributed by atoms with Crippen LogP contribution in [0.4, 0.5) is 5.69 Å². The Labute approximate surface area is 91.0 Å². The van der Waals surface area contributed by atoms with Gasteiger partial charge in [0.15, 0.2) is 0 Å². The summed E-state index contributed by atoms with van der Waals surface area (Å²) in [6, 6.07) is 2.98. The van der Waals surface area contributed by atoms with Crippen molar-refractivity contribution in [3.05, 3.63) is 22.9 Å². The molecular weight excluding hydrogens is 246 g/mol. The molecule has 0 saturated carbocycles. The molecule has 1 atom stereocenters. The number of nitrogens with zero attached hydrogens (tertiary/aromatic N) is 1. The van der Waals surface area contributed by atoms with Crippen LogP contribution in [0.15, 0.2) is 22.9 Å². The van der Waals surface area contributed by atoms with E-state index in [1.807, 2.05) is 6.92 Å². The maximum absolute atomic E-state index is 11.4. The molecule has 0 aliphatic carbocycles. The quantitative estimate of drug-likeness (QED) is 0.807. The third kappa shape index (κ3) is 3.08. The molecule has 14 heavy (non-hydrogen) atoms. The van der Waals surface area contributed by atoms with Crippen LogP contribution in [0.5, 0.6) is 0 Å². The zero-order chi connectivity index (χ0) is 10.6. The van der Waals surface area contributed by atoms with Gasteiger partial charge in [-0.2, -0.15) is 0 Å². The predicted octanol–water partition coefficient (Wildman–Crippen LogP) is 1.52. The number of halogens is 1. The van der Waals surface area contributed by atoms with Gasteiger partial charge >= 0.3 is 0 Å². The molecular formula is C9H12BrN3O. The second-order valence-electron chi connectivity index (χ2n) is 2.87. The fourth-order valence-electron chi connectivity index (χ4n) is 0.901. The Morgan fingerprint density at radius 2 is 2.50 bits per heavy atom. The normalized spacial score (nSPS) is 12.2. The minimum atomic E-state index is -0.457. The van der Waals surface area contributed by atoms with Crippen molar-refractivity contribution in [3.8, 4) is 0 Å². The van der Waals surface area contributed by atoms with Crippen LogP contribution in [0.2, 0.25) is 0 Å². The van der Waals surface area contributed by atoms with E-state index in [0.29, 0.717) is 16.7 Å². The summed E-state index contributed by atoms with van der Waals surface area (Å²) >= 11 is 3.21. The lowest BCUT2D eigenvalue weighted by Crippen LogP contribution is -2.34. The first kappa shape index (κ1) is 11.1. The van der Waals surface area contributed by atoms with Gasteiger partial charge in [-0.1, -0.05) is 6.92 Å². The van der Waals surface area contributed by atoms with Crippen LogP contribution in [0, 0.1) is 0 Å². The summed E-state index contributed by atoms with van der Waals surface area (Å²) in [5, 5.41) is 2.70. The van der Waals surface area contributed by atoms with Crippen molar-refractivity contribution in [1.82, 2.24) is 4.98 Å². The Bertz CT molecular complexity index is 330. The van der Waals surface area contributed by atoms with Crippen LogP contribution in [0.1, 0.15) is 13.3 Å². The standard InChI is InChI=1S/C9H12BrN3O/c1-2-7(11)9(14)13-6-3-4-12-8(10)5-6/h3-5,7H,2,11H2,1H3,(H,12,13,14)/t7-/m0/s1. The van der Waals surface area contributed by atoms with Crippen LogP contribution in [0.25, 0.3) is 0 Å². The van der Waals surface area contributed by atoms with Crippen LogP contribution in [-0.4, -0.2) is 16.9 Å². The van der Waals surface area contributed by atoms with Gasteiger partial charge < -0.3 is 11.1 Å². The number of hydrogen-bond acceptors (Lipinski definition) is 3. The van der Waals surface area contributed by atoms with Gasteiger partial charge in [-0.15, -0.1) is 0 Å². The number of amides is 1. The van der Waals surface area contributed by atoms with Gasteiger partial charge in [0.2, 0.25) is 5.91 Å². The Balaban J connectivity index is 2.65. The number of nitrogens with one attached hydrogen (secondary N) is 1. The van der Waals surface area contributed by atoms with E-state index in [1.54, 1.807) is 18.3 Å². The van der Waals surface area contributed by atoms with E-state index < -0.39 is 6.04 Å². The Morgan fingerprint density at radius 3 is 3.07 bits per heavy atom. The number of carbonyl (C=O) groups excluding carboxylic acids is 1. The van der Waals surface area contributed by atoms with E-state index in [4.69, 9.17) is 5.73 Å². The molecule has 0 aliphatic heterocycles. The lowest BCUT2D eigenvalue weighted by atomic mass is 10.2. The third-order valence-corrected chi connectivity index (χ3v) is 2.20. The number of anilines is 1. The smallest absolute Gasteiger partial charge is 0.241 e. The Hall–Kier alpha value is -0.940. The molecule has 1 heterocycles. The zero-order valence-electron chi connectivity index (χ0n) is 7.83. The number of nitrogens with two attached hydrogens (primary N) is 1. The predicted molar refractivity (Wildman–Crippen MR) is 58.8 cm³/mol. The molecule has 76 valence electrons. The van der Waals surface area contributed by atoms with E-state index >= 15 is 0 Å². The molecule has 1 amide bonds. The van der Waals surface area contributed by atoms with Gasteiger partial charge in [-0.05, 0) is 34.5 Å². The zero-order valence-corrected chi connectivity index (χ0v) is 9.41. The van der Waals surface area contributed by atoms with Crippen molar-refractivity contribution in [2.75, 3.05) is 5.32 Å². The Morgan fingerprint density at radius 1 is 1.79 bits per heavy atom. The van der Waals surface area contributed by atoms with Gasteiger partial charge in [-0.3, -0.25) is 4.79 Å². The summed E-state index contributed by atoms with van der Waals surface area (Å²) in [7, 11) is 0. The van der Waals surface area contributed by atoms with Gasteiger partial charge in [0.25, 0.3) is 0 Å². The van der Waals surface area contributed by atoms with E-state index in [2.05, 4.69) is 26.2 Å². The summed E-state index contributed by atoms with van der Waals surface area (Å²) in [6.45, 7) is 1.87. The van der Waals surface area contributed by atoms with Gasteiger partial charge in [0, 0.05) is 11.9 Å². The monoisotopic (exact) mass is 257 g/mol. The summed E-state index contributed by atoms with van der Waals surface area (Å²) in [5.41, 5.74) is 6.26. The van der Waals surface area contributed by atoms with Crippen LogP contribution in [0.3, 0.4) is 0 Å². The first-order valence-corrected chi connectivity index (χ1v) is 5.10. The average molecular weight is 258 g/mol. The van der Waals surface area contributed by atoms with E-state index in [1.165, 1.54) is 0 Å². The van der Waals surface area contributed by atoms with Gasteiger partial charge in [0.05, 0.1) is 6.04 Å². The summed E-state index contributed by atoms with van der Waals surface area (Å²) in [6.07, 6.45) is 2.23. The fourth-order valence-corrected chi connectivity index (χ4v) is 1.27. The number of hydrogen-bond donors (Lipinski definition) is 2. The molecule has 0 aromatic carbocycles. The highest BCUT2D eigenvalue weighted by molar-refractivity contribution is 9.10. The van der Waals surface area contributed by atoms with E-state index in [0.717, 1.165) is 0 Å². The second kappa shape index (κ2) is 5.07. The first-order chi connectivity index (χ1) is 6.63. The fraction of sp³-hybridized carbons (Fsp3) is 0.333. The SMILES string of the molecule is CC[C@H](N)C(=O)Nc1ccnc(Br)c1. The molecule has 4 nitrogen and oxygen atoms in total. The Kier molecular flexibility index (Phi) is 4.03. The number of rotatable bonds is 3. The minimum absolute atomic E-state index is 0.175. The van der Waals surface area contributed by atoms with Gasteiger partial charge in [0.1, 0.15) is 4.60 Å². The molecule has 1 aromatic rings. The third-order valence-electron chi connectivity index (χ3n) is 1.77. The van der Waals surface area contributed by atoms with Crippen molar-refractivity contribution in [3.63, 3.8) is 0 Å². The van der Waals surface area contributed by atoms with Crippen LogP contribution >= 0.6 is 15.9 Å². The molecule has 0 spiro atoms. The van der Waals surface area contributed by atoms with Gasteiger partial charge in [-0.25, -0.2) is 4.98 Å². The molecule has 0 fully saturated rings. The van der Waals surface area contributed by atoms with Crippen molar-refractivity contribution >= 4 is 27.5 Å². The highest BCUT2D eigenvalue weighted by atomic mass is 79.9. The van der Waals surface area contributed by atoms with Crippen molar-refractivity contribution in [1.29, 1.82) is 0 Å². The maximum atomic E-state index is 11.4. The van der Waals surface area contributed by atoms with Crippen molar-refractivity contribution in [2.45, 2.75) is 19.4 Å². The summed E-state index contributed by atoms with van der Waals surface area (Å²) in [4.78, 5) is 15.3. The molecule has 0 unspecified atom stereocenters. The van der Waals surface area contributed by atoms with E-state index in [-0.39, 0.29) is 5.91 Å². The number of pyridine rings is 1.